The fraction of sp³-hybridized carbons (Fsp3) is 0.565. The van der Waals surface area contributed by atoms with Gasteiger partial charge in [-0.3, -0.25) is 9.59 Å². The lowest BCUT2D eigenvalue weighted by Gasteiger charge is -2.40. The molecule has 2 aliphatic rings. The lowest BCUT2D eigenvalue weighted by atomic mass is 9.77. The van der Waals surface area contributed by atoms with Gasteiger partial charge in [0.15, 0.2) is 0 Å². The van der Waals surface area contributed by atoms with Crippen LogP contribution in [0.15, 0.2) is 35.9 Å². The topological polar surface area (TPSA) is 108 Å². The molecule has 0 aromatic heterocycles. The van der Waals surface area contributed by atoms with Crippen LogP contribution in [0.4, 0.5) is 0 Å². The number of aliphatic hydroxyl groups excluding tert-OH is 2. The summed E-state index contributed by atoms with van der Waals surface area (Å²) in [5.74, 6) is -0.257. The third-order valence-corrected chi connectivity index (χ3v) is 5.84. The smallest absolute Gasteiger partial charge is 0.247 e. The Kier molecular flexibility index (Phi) is 8.06. The third-order valence-electron chi connectivity index (χ3n) is 5.84. The predicted octanol–water partition coefficient (Wildman–Crippen LogP) is 0.974. The van der Waals surface area contributed by atoms with Gasteiger partial charge in [-0.1, -0.05) is 31.5 Å². The summed E-state index contributed by atoms with van der Waals surface area (Å²) >= 11 is 0. The summed E-state index contributed by atoms with van der Waals surface area (Å²) < 4.78 is 11.2. The number of benzene rings is 1. The molecule has 0 saturated heterocycles. The zero-order valence-electron chi connectivity index (χ0n) is 18.1. The van der Waals surface area contributed by atoms with Gasteiger partial charge in [0.25, 0.3) is 0 Å². The number of nitrogens with zero attached hydrogens (tertiary/aromatic N) is 1. The monoisotopic (exact) mass is 432 g/mol. The molecule has 1 aliphatic carbocycles. The van der Waals surface area contributed by atoms with E-state index in [1.165, 1.54) is 0 Å². The highest BCUT2D eigenvalue weighted by atomic mass is 16.5. The molecular weight excluding hydrogens is 400 g/mol. The van der Waals surface area contributed by atoms with E-state index >= 15 is 0 Å². The van der Waals surface area contributed by atoms with Gasteiger partial charge < -0.3 is 29.9 Å². The molecule has 3 N–H and O–H groups in total. The lowest BCUT2D eigenvalue weighted by Crippen LogP contribution is -2.56. The molecular formula is C23H32N2O6. The van der Waals surface area contributed by atoms with E-state index in [0.29, 0.717) is 30.9 Å². The maximum atomic E-state index is 13.0. The number of hydrogen-bond donors (Lipinski definition) is 3. The van der Waals surface area contributed by atoms with Crippen molar-refractivity contribution < 1.29 is 29.3 Å². The SMILES string of the molecule is CCCCC(=O)N(CCOC)[C@@H]1C=C(C(=O)NCCO)[C@@H]2c3ccccc3O[C@@H]2[C@H]1O. The molecule has 4 atom stereocenters. The van der Waals surface area contributed by atoms with E-state index in [9.17, 15) is 14.7 Å². The highest BCUT2D eigenvalue weighted by Gasteiger charge is 2.50. The van der Waals surface area contributed by atoms with Crippen molar-refractivity contribution in [2.45, 2.75) is 50.4 Å². The van der Waals surface area contributed by atoms with E-state index in [2.05, 4.69) is 5.32 Å². The largest absolute Gasteiger partial charge is 0.486 e. The molecule has 2 amide bonds. The van der Waals surface area contributed by atoms with Crippen LogP contribution in [0, 0.1) is 0 Å². The van der Waals surface area contributed by atoms with Crippen LogP contribution in [0.2, 0.25) is 0 Å². The van der Waals surface area contributed by atoms with Crippen LogP contribution in [0.1, 0.15) is 37.7 Å². The standard InChI is InChI=1S/C23H32N2O6/c1-3-4-9-19(27)25(11-13-30-2)17-14-16(23(29)24-10-12-26)20-15-7-5-6-8-18(15)31-22(20)21(17)28/h5-8,14,17,20-22,26,28H,3-4,9-13H2,1-2H3,(H,24,29)/t17-,20+,21+,22+/m1/s1. The molecule has 1 aliphatic heterocycles. The number of para-hydroxylation sites is 1. The minimum Gasteiger partial charge on any atom is -0.486 e. The van der Waals surface area contributed by atoms with E-state index in [0.717, 1.165) is 18.4 Å². The molecule has 0 radical (unpaired) electrons. The Morgan fingerprint density at radius 1 is 1.29 bits per heavy atom. The van der Waals surface area contributed by atoms with Crippen molar-refractivity contribution >= 4 is 11.8 Å². The van der Waals surface area contributed by atoms with Gasteiger partial charge in [0.05, 0.1) is 25.2 Å². The summed E-state index contributed by atoms with van der Waals surface area (Å²) in [7, 11) is 1.56. The van der Waals surface area contributed by atoms with Gasteiger partial charge in [0.2, 0.25) is 11.8 Å². The normalized spacial score (nSPS) is 23.9. The van der Waals surface area contributed by atoms with Gasteiger partial charge in [0.1, 0.15) is 18.0 Å². The fourth-order valence-electron chi connectivity index (χ4n) is 4.29. The van der Waals surface area contributed by atoms with Crippen molar-refractivity contribution in [3.05, 3.63) is 41.5 Å². The lowest BCUT2D eigenvalue weighted by molar-refractivity contribution is -0.138. The van der Waals surface area contributed by atoms with Gasteiger partial charge in [-0.05, 0) is 18.6 Å². The van der Waals surface area contributed by atoms with E-state index in [1.54, 1.807) is 18.1 Å². The van der Waals surface area contributed by atoms with E-state index in [-0.39, 0.29) is 25.0 Å². The molecule has 0 bridgehead atoms. The number of fused-ring (bicyclic) bond motifs is 3. The first-order valence-electron chi connectivity index (χ1n) is 10.9. The summed E-state index contributed by atoms with van der Waals surface area (Å²) in [4.78, 5) is 27.5. The second kappa shape index (κ2) is 10.7. The van der Waals surface area contributed by atoms with Crippen molar-refractivity contribution in [3.63, 3.8) is 0 Å². The Labute approximate surface area is 182 Å². The molecule has 0 unspecified atom stereocenters. The summed E-state index contributed by atoms with van der Waals surface area (Å²) in [6.45, 7) is 2.57. The van der Waals surface area contributed by atoms with Crippen molar-refractivity contribution in [3.8, 4) is 5.75 Å². The molecule has 1 heterocycles. The fourth-order valence-corrected chi connectivity index (χ4v) is 4.29. The number of ether oxygens (including phenoxy) is 2. The van der Waals surface area contributed by atoms with E-state index in [1.807, 2.05) is 31.2 Å². The molecule has 8 heteroatoms. The quantitative estimate of drug-likeness (QED) is 0.509. The van der Waals surface area contributed by atoms with Crippen molar-refractivity contribution in [1.29, 1.82) is 0 Å². The molecule has 0 fully saturated rings. The van der Waals surface area contributed by atoms with Crippen molar-refractivity contribution in [2.24, 2.45) is 0 Å². The number of nitrogens with one attached hydrogen (secondary N) is 1. The van der Waals surface area contributed by atoms with Gasteiger partial charge in [0, 0.05) is 37.8 Å². The Morgan fingerprint density at radius 2 is 2.06 bits per heavy atom. The molecule has 0 spiro atoms. The minimum absolute atomic E-state index is 0.0942. The van der Waals surface area contributed by atoms with E-state index in [4.69, 9.17) is 14.6 Å². The van der Waals surface area contributed by atoms with Crippen molar-refractivity contribution in [2.75, 3.05) is 33.4 Å². The molecule has 8 nitrogen and oxygen atoms in total. The Balaban J connectivity index is 1.99. The first-order chi connectivity index (χ1) is 15.0. The minimum atomic E-state index is -1.01. The molecule has 0 saturated carbocycles. The summed E-state index contributed by atoms with van der Waals surface area (Å²) in [5, 5.41) is 23.1. The number of amides is 2. The molecule has 1 aromatic carbocycles. The zero-order chi connectivity index (χ0) is 22.4. The summed E-state index contributed by atoms with van der Waals surface area (Å²) in [6, 6.07) is 6.69. The second-order valence-electron chi connectivity index (χ2n) is 7.86. The van der Waals surface area contributed by atoms with Crippen LogP contribution in [0.25, 0.3) is 0 Å². The number of rotatable bonds is 10. The van der Waals surface area contributed by atoms with Crippen LogP contribution < -0.4 is 10.1 Å². The number of unbranched alkanes of at least 4 members (excludes halogenated alkanes) is 1. The van der Waals surface area contributed by atoms with Gasteiger partial charge >= 0.3 is 0 Å². The summed E-state index contributed by atoms with van der Waals surface area (Å²) in [5.41, 5.74) is 1.26. The molecule has 31 heavy (non-hydrogen) atoms. The number of aliphatic hydroxyl groups is 2. The van der Waals surface area contributed by atoms with Gasteiger partial charge in [-0.2, -0.15) is 0 Å². The average Bonchev–Trinajstić information content (AvgIpc) is 3.17. The average molecular weight is 433 g/mol. The number of carbonyl (C=O) groups excluding carboxylic acids is 2. The molecule has 170 valence electrons. The van der Waals surface area contributed by atoms with Crippen LogP contribution >= 0.6 is 0 Å². The second-order valence-corrected chi connectivity index (χ2v) is 7.86. The van der Waals surface area contributed by atoms with Crippen LogP contribution in [0.3, 0.4) is 0 Å². The Bertz CT molecular complexity index is 811. The highest BCUT2D eigenvalue weighted by molar-refractivity contribution is 5.96. The van der Waals surface area contributed by atoms with Gasteiger partial charge in [-0.15, -0.1) is 0 Å². The number of hydrogen-bond acceptors (Lipinski definition) is 6. The molecule has 1 aromatic rings. The van der Waals surface area contributed by atoms with Gasteiger partial charge in [-0.25, -0.2) is 0 Å². The number of methoxy groups -OCH3 is 1. The van der Waals surface area contributed by atoms with E-state index < -0.39 is 24.2 Å². The first kappa shape index (κ1) is 23.2. The maximum absolute atomic E-state index is 13.0. The van der Waals surface area contributed by atoms with Crippen LogP contribution in [-0.2, 0) is 14.3 Å². The zero-order valence-corrected chi connectivity index (χ0v) is 18.1. The predicted molar refractivity (Wildman–Crippen MR) is 115 cm³/mol. The maximum Gasteiger partial charge on any atom is 0.247 e. The summed E-state index contributed by atoms with van der Waals surface area (Å²) in [6.07, 6.45) is 1.97. The Morgan fingerprint density at radius 3 is 2.77 bits per heavy atom. The third kappa shape index (κ3) is 4.92. The highest BCUT2D eigenvalue weighted by Crippen LogP contribution is 2.47. The first-order valence-corrected chi connectivity index (χ1v) is 10.9. The molecule has 3 rings (SSSR count). The Hall–Kier alpha value is -2.42. The number of carbonyl (C=O) groups is 2. The van der Waals surface area contributed by atoms with Crippen molar-refractivity contribution in [1.82, 2.24) is 10.2 Å². The van der Waals surface area contributed by atoms with Crippen LogP contribution in [-0.4, -0.2) is 78.6 Å². The van der Waals surface area contributed by atoms with Crippen LogP contribution in [0.5, 0.6) is 5.75 Å².